The molecule has 224 valence electrons. The van der Waals surface area contributed by atoms with Crippen LogP contribution in [-0.2, 0) is 9.53 Å². The Morgan fingerprint density at radius 3 is 2.65 bits per heavy atom. The minimum absolute atomic E-state index is 0.0320. The zero-order valence-electron chi connectivity index (χ0n) is 24.0. The number of hydrogen-bond acceptors (Lipinski definition) is 6. The van der Waals surface area contributed by atoms with Crippen LogP contribution in [0.1, 0.15) is 46.5 Å². The lowest BCUT2D eigenvalue weighted by atomic mass is 9.72. The van der Waals surface area contributed by atoms with Crippen molar-refractivity contribution >= 4 is 11.9 Å². The van der Waals surface area contributed by atoms with Crippen LogP contribution in [0, 0.1) is 17.8 Å². The Kier molecular flexibility index (Phi) is 7.86. The summed E-state index contributed by atoms with van der Waals surface area (Å²) in [6, 6.07) is -2.12. The Morgan fingerprint density at radius 2 is 1.93 bits per heavy atom. The zero-order valence-corrected chi connectivity index (χ0v) is 24.0. The minimum Gasteiger partial charge on any atom is -0.372 e. The fourth-order valence-corrected chi connectivity index (χ4v) is 8.80. The molecule has 5 aliphatic heterocycles. The molecule has 3 N–H and O–H groups in total. The summed E-state index contributed by atoms with van der Waals surface area (Å²) in [5.41, 5.74) is 0. The molecule has 5 saturated heterocycles. The molecule has 0 spiro atoms. The van der Waals surface area contributed by atoms with Crippen LogP contribution in [0.25, 0.3) is 0 Å². The van der Waals surface area contributed by atoms with Crippen molar-refractivity contribution in [1.82, 2.24) is 30.7 Å². The van der Waals surface area contributed by atoms with Crippen molar-refractivity contribution in [2.24, 2.45) is 17.8 Å². The molecule has 0 aromatic rings. The first-order valence-corrected chi connectivity index (χ1v) is 15.4. The number of urea groups is 1. The van der Waals surface area contributed by atoms with E-state index >= 15 is 8.78 Å². The van der Waals surface area contributed by atoms with Crippen LogP contribution in [-0.4, -0.2) is 120 Å². The van der Waals surface area contributed by atoms with Crippen molar-refractivity contribution in [2.45, 2.75) is 107 Å². The molecule has 6 aliphatic rings. The molecule has 1 aliphatic carbocycles. The van der Waals surface area contributed by atoms with Gasteiger partial charge in [-0.1, -0.05) is 20.4 Å². The molecule has 9 nitrogen and oxygen atoms in total. The van der Waals surface area contributed by atoms with Crippen molar-refractivity contribution in [3.05, 3.63) is 12.7 Å². The molecule has 6 rings (SSSR count). The number of hydrogen-bond donors (Lipinski definition) is 3. The topological polar surface area (TPSA) is 89.2 Å². The number of carbonyl (C=O) groups excluding carboxylic acids is 2. The summed E-state index contributed by atoms with van der Waals surface area (Å²) in [4.78, 5) is 32.2. The molecule has 1 saturated carbocycles. The van der Waals surface area contributed by atoms with E-state index in [0.717, 1.165) is 13.0 Å². The molecule has 0 aromatic carbocycles. The van der Waals surface area contributed by atoms with Gasteiger partial charge in [-0.2, -0.15) is 0 Å². The lowest BCUT2D eigenvalue weighted by Gasteiger charge is -2.59. The Bertz CT molecular complexity index is 987. The smallest absolute Gasteiger partial charge is 0.319 e. The number of ether oxygens (including phenoxy) is 1. The number of fused-ring (bicyclic) bond motifs is 5. The van der Waals surface area contributed by atoms with Gasteiger partial charge in [0, 0.05) is 56.1 Å². The summed E-state index contributed by atoms with van der Waals surface area (Å²) in [6.45, 7) is 12.7. The monoisotopic (exact) mass is 564 g/mol. The third kappa shape index (κ3) is 4.65. The first kappa shape index (κ1) is 28.3. The van der Waals surface area contributed by atoms with Crippen molar-refractivity contribution in [1.29, 1.82) is 0 Å². The first-order chi connectivity index (χ1) is 19.2. The maximum atomic E-state index is 17.1. The predicted molar refractivity (Wildman–Crippen MR) is 147 cm³/mol. The molecule has 5 heterocycles. The van der Waals surface area contributed by atoms with E-state index < -0.39 is 36.5 Å². The number of nitrogens with zero attached hydrogens (tertiary/aromatic N) is 3. The van der Waals surface area contributed by atoms with Gasteiger partial charge in [0.2, 0.25) is 5.91 Å². The summed E-state index contributed by atoms with van der Waals surface area (Å²) >= 11 is 0. The van der Waals surface area contributed by atoms with E-state index in [2.05, 4.69) is 41.3 Å². The summed E-state index contributed by atoms with van der Waals surface area (Å²) < 4.78 is 39.5. The Labute approximate surface area is 236 Å². The third-order valence-electron chi connectivity index (χ3n) is 10.6. The van der Waals surface area contributed by atoms with E-state index in [1.165, 1.54) is 6.08 Å². The van der Waals surface area contributed by atoms with Crippen LogP contribution in [0.5, 0.6) is 0 Å². The van der Waals surface area contributed by atoms with Crippen LogP contribution < -0.4 is 16.0 Å². The molecule has 40 heavy (non-hydrogen) atoms. The second-order valence-electron chi connectivity index (χ2n) is 13.2. The summed E-state index contributed by atoms with van der Waals surface area (Å²) in [7, 11) is 0. The fraction of sp³-hybridized carbons (Fsp3) is 0.862. The van der Waals surface area contributed by atoms with Gasteiger partial charge in [-0.25, -0.2) is 13.6 Å². The van der Waals surface area contributed by atoms with Crippen molar-refractivity contribution in [3.63, 3.8) is 0 Å². The maximum absolute atomic E-state index is 17.1. The normalized spacial score (nSPS) is 45.9. The van der Waals surface area contributed by atoms with Gasteiger partial charge >= 0.3 is 6.03 Å². The molecule has 3 amide bonds. The number of piperazine rings is 1. The molecular formula is C29H46F2N6O3. The van der Waals surface area contributed by atoms with Gasteiger partial charge in [0.25, 0.3) is 0 Å². The molecular weight excluding hydrogens is 518 g/mol. The van der Waals surface area contributed by atoms with E-state index in [0.29, 0.717) is 45.4 Å². The average molecular weight is 565 g/mol. The summed E-state index contributed by atoms with van der Waals surface area (Å²) in [6.07, 6.45) is 0.286. The number of nitrogens with one attached hydrogen (secondary N) is 3. The lowest BCUT2D eigenvalue weighted by Crippen LogP contribution is -2.80. The third-order valence-corrected chi connectivity index (χ3v) is 10.6. The Hall–Kier alpha value is -1.82. The SMILES string of the molecule is C=CC(=O)N1CCN(C2NC(=O)N3C4C(F)C(NCC24)C2C(F)CCCC2OC2CCNC(C(C)C)C23)C(C)C1. The molecule has 12 unspecified atom stereocenters. The molecule has 12 atom stereocenters. The fourth-order valence-electron chi connectivity index (χ4n) is 8.80. The second-order valence-corrected chi connectivity index (χ2v) is 13.2. The quantitative estimate of drug-likeness (QED) is 0.452. The van der Waals surface area contributed by atoms with Gasteiger partial charge in [-0.15, -0.1) is 0 Å². The molecule has 2 bridgehead atoms. The molecule has 0 aromatic heterocycles. The lowest BCUT2D eigenvalue weighted by molar-refractivity contribution is -0.132. The Balaban J connectivity index is 1.38. The number of piperidine rings is 2. The molecule has 11 heteroatoms. The van der Waals surface area contributed by atoms with E-state index in [1.54, 1.807) is 9.80 Å². The van der Waals surface area contributed by atoms with Gasteiger partial charge in [0.15, 0.2) is 0 Å². The van der Waals surface area contributed by atoms with Gasteiger partial charge < -0.3 is 30.5 Å². The Morgan fingerprint density at radius 1 is 1.12 bits per heavy atom. The summed E-state index contributed by atoms with van der Waals surface area (Å²) in [5, 5.41) is 10.3. The van der Waals surface area contributed by atoms with E-state index in [1.807, 2.05) is 6.92 Å². The van der Waals surface area contributed by atoms with Crippen LogP contribution in [0.4, 0.5) is 13.6 Å². The number of alkyl halides is 2. The van der Waals surface area contributed by atoms with E-state index in [4.69, 9.17) is 4.74 Å². The van der Waals surface area contributed by atoms with E-state index in [-0.39, 0.29) is 54.1 Å². The average Bonchev–Trinajstić information content (AvgIpc) is 2.96. The van der Waals surface area contributed by atoms with Gasteiger partial charge in [-0.3, -0.25) is 9.69 Å². The van der Waals surface area contributed by atoms with Gasteiger partial charge in [0.1, 0.15) is 12.3 Å². The highest BCUT2D eigenvalue weighted by molar-refractivity contribution is 5.87. The van der Waals surface area contributed by atoms with Crippen LogP contribution in [0.2, 0.25) is 0 Å². The predicted octanol–water partition coefficient (Wildman–Crippen LogP) is 1.64. The number of amides is 3. The van der Waals surface area contributed by atoms with Crippen LogP contribution in [0.3, 0.4) is 0 Å². The van der Waals surface area contributed by atoms with Gasteiger partial charge in [0.05, 0.1) is 30.5 Å². The van der Waals surface area contributed by atoms with Crippen LogP contribution in [0.15, 0.2) is 12.7 Å². The highest BCUT2D eigenvalue weighted by atomic mass is 19.1. The number of halogens is 2. The van der Waals surface area contributed by atoms with Gasteiger partial charge in [-0.05, 0) is 51.1 Å². The minimum atomic E-state index is -1.42. The zero-order chi connectivity index (χ0) is 28.3. The van der Waals surface area contributed by atoms with Crippen molar-refractivity contribution in [2.75, 3.05) is 32.7 Å². The summed E-state index contributed by atoms with van der Waals surface area (Å²) in [5.74, 6) is -0.732. The van der Waals surface area contributed by atoms with Crippen molar-refractivity contribution in [3.8, 4) is 0 Å². The number of carbonyl (C=O) groups is 2. The standard InChI is InChI=1S/C29H46F2N6O3/c1-5-21(38)35-11-12-36(16(4)14-35)28-17-13-33-25-22-18(30)7-6-8-19(22)40-20-9-10-32-24(15(2)3)27(20)37(29(39)34-28)26(17)23(25)31/h5,15-20,22-28,32-33H,1,6-14H2,2-4H3,(H,34,39). The highest BCUT2D eigenvalue weighted by Gasteiger charge is 2.61. The molecule has 0 radical (unpaired) electrons. The first-order valence-electron chi connectivity index (χ1n) is 15.4. The second kappa shape index (κ2) is 11.1. The number of rotatable bonds is 3. The molecule has 6 fully saturated rings. The largest absolute Gasteiger partial charge is 0.372 e. The maximum Gasteiger partial charge on any atom is 0.319 e. The van der Waals surface area contributed by atoms with Crippen molar-refractivity contribution < 1.29 is 23.1 Å². The van der Waals surface area contributed by atoms with E-state index in [9.17, 15) is 9.59 Å². The van der Waals surface area contributed by atoms with Crippen LogP contribution >= 0.6 is 0 Å². The highest BCUT2D eigenvalue weighted by Crippen LogP contribution is 2.44.